The molecule has 2 aromatic rings. The normalized spacial score (nSPS) is 15.9. The number of aryl methyl sites for hydroxylation is 1. The second-order valence-electron chi connectivity index (χ2n) is 4.61. The molecule has 1 aliphatic rings. The Labute approximate surface area is 114 Å². The van der Waals surface area contributed by atoms with Gasteiger partial charge < -0.3 is 0 Å². The summed E-state index contributed by atoms with van der Waals surface area (Å²) < 4.78 is 26.4. The van der Waals surface area contributed by atoms with E-state index in [0.29, 0.717) is 5.82 Å². The van der Waals surface area contributed by atoms with Crippen LogP contribution in [0.2, 0.25) is 0 Å². The highest BCUT2D eigenvalue weighted by atomic mass is 35.7. The number of hydrogen-bond donors (Lipinski definition) is 0. The van der Waals surface area contributed by atoms with E-state index in [-0.39, 0.29) is 11.2 Å². The highest BCUT2D eigenvalue weighted by Gasteiger charge is 2.34. The molecular formula is C10H12ClN5O2S. The zero-order chi connectivity index (χ0) is 13.8. The first kappa shape index (κ1) is 12.6. The fourth-order valence-electron chi connectivity index (χ4n) is 2.01. The molecule has 19 heavy (non-hydrogen) atoms. The van der Waals surface area contributed by atoms with Gasteiger partial charge in [0.1, 0.15) is 0 Å². The largest absolute Gasteiger partial charge is 0.296 e. The van der Waals surface area contributed by atoms with Crippen LogP contribution in [0.3, 0.4) is 0 Å². The van der Waals surface area contributed by atoms with Crippen molar-refractivity contribution < 1.29 is 8.42 Å². The van der Waals surface area contributed by atoms with E-state index in [1.54, 1.807) is 15.4 Å². The first-order chi connectivity index (χ1) is 8.89. The summed E-state index contributed by atoms with van der Waals surface area (Å²) in [7, 11) is 3.33. The highest BCUT2D eigenvalue weighted by molar-refractivity contribution is 8.13. The van der Waals surface area contributed by atoms with Crippen molar-refractivity contribution in [2.24, 2.45) is 7.05 Å². The van der Waals surface area contributed by atoms with Crippen molar-refractivity contribution in [1.29, 1.82) is 0 Å². The summed E-state index contributed by atoms with van der Waals surface area (Å²) in [5, 5.41) is 11.7. The molecule has 0 bridgehead atoms. The molecule has 0 amide bonds. The maximum atomic E-state index is 11.5. The summed E-state index contributed by atoms with van der Waals surface area (Å²) in [6.45, 7) is 1.89. The summed E-state index contributed by atoms with van der Waals surface area (Å²) in [6.07, 6.45) is 3.47. The lowest BCUT2D eigenvalue weighted by Gasteiger charge is -2.06. The predicted octanol–water partition coefficient (Wildman–Crippen LogP) is 1.25. The molecule has 2 aromatic heterocycles. The number of aromatic nitrogens is 5. The van der Waals surface area contributed by atoms with Crippen LogP contribution in [-0.2, 0) is 16.1 Å². The van der Waals surface area contributed by atoms with Crippen LogP contribution in [0.25, 0.3) is 11.4 Å². The van der Waals surface area contributed by atoms with E-state index in [1.807, 2.05) is 14.0 Å². The summed E-state index contributed by atoms with van der Waals surface area (Å²) >= 11 is 0. The van der Waals surface area contributed by atoms with Crippen molar-refractivity contribution in [2.75, 3.05) is 0 Å². The van der Waals surface area contributed by atoms with E-state index < -0.39 is 9.05 Å². The van der Waals surface area contributed by atoms with Crippen LogP contribution < -0.4 is 0 Å². The third-order valence-corrected chi connectivity index (χ3v) is 4.40. The lowest BCUT2D eigenvalue weighted by atomic mass is 10.2. The van der Waals surface area contributed by atoms with Gasteiger partial charge >= 0.3 is 0 Å². The third-order valence-electron chi connectivity index (χ3n) is 3.27. The van der Waals surface area contributed by atoms with Gasteiger partial charge in [-0.2, -0.15) is 5.10 Å². The lowest BCUT2D eigenvalue weighted by Crippen LogP contribution is -2.06. The zero-order valence-electron chi connectivity index (χ0n) is 10.4. The third kappa shape index (κ3) is 2.04. The van der Waals surface area contributed by atoms with Gasteiger partial charge in [-0.25, -0.2) is 8.42 Å². The molecule has 0 spiro atoms. The molecule has 9 heteroatoms. The highest BCUT2D eigenvalue weighted by Crippen LogP contribution is 2.40. The van der Waals surface area contributed by atoms with Gasteiger partial charge in [0.25, 0.3) is 14.2 Å². The van der Waals surface area contributed by atoms with E-state index >= 15 is 0 Å². The van der Waals surface area contributed by atoms with Crippen LogP contribution in [0.5, 0.6) is 0 Å². The monoisotopic (exact) mass is 301 g/mol. The zero-order valence-corrected chi connectivity index (χ0v) is 12.0. The van der Waals surface area contributed by atoms with Crippen LogP contribution in [0, 0.1) is 6.92 Å². The Balaban J connectivity index is 2.23. The number of nitrogens with zero attached hydrogens (tertiary/aromatic N) is 5. The standard InChI is InChI=1S/C10H12ClN5O2S/c1-6-8(5-12-15(6)2)9-13-14-10(19(11,17)18)16(9)7-3-4-7/h5,7H,3-4H2,1-2H3. The molecule has 0 unspecified atom stereocenters. The van der Waals surface area contributed by atoms with Crippen molar-refractivity contribution in [3.05, 3.63) is 11.9 Å². The SMILES string of the molecule is Cc1c(-c2nnc(S(=O)(=O)Cl)n2C2CC2)cnn1C. The molecule has 1 fully saturated rings. The summed E-state index contributed by atoms with van der Waals surface area (Å²) in [5.74, 6) is 0.507. The van der Waals surface area contributed by atoms with Crippen molar-refractivity contribution in [2.45, 2.75) is 31.0 Å². The summed E-state index contributed by atoms with van der Waals surface area (Å²) in [4.78, 5) is 0. The van der Waals surface area contributed by atoms with E-state index in [9.17, 15) is 8.42 Å². The number of hydrogen-bond acceptors (Lipinski definition) is 5. The number of rotatable bonds is 3. The van der Waals surface area contributed by atoms with Gasteiger partial charge in [-0.05, 0) is 19.8 Å². The van der Waals surface area contributed by atoms with Gasteiger partial charge in [0.2, 0.25) is 0 Å². The van der Waals surface area contributed by atoms with Gasteiger partial charge in [-0.3, -0.25) is 9.25 Å². The molecule has 0 aliphatic heterocycles. The molecule has 102 valence electrons. The molecule has 0 aromatic carbocycles. The van der Waals surface area contributed by atoms with Crippen LogP contribution in [-0.4, -0.2) is 33.0 Å². The average Bonchev–Trinajstić information content (AvgIpc) is 2.98. The van der Waals surface area contributed by atoms with E-state index in [1.165, 1.54) is 0 Å². The molecule has 7 nitrogen and oxygen atoms in total. The molecular weight excluding hydrogens is 290 g/mol. The molecule has 0 radical (unpaired) electrons. The fourth-order valence-corrected chi connectivity index (χ4v) is 2.93. The Bertz CT molecular complexity index is 744. The van der Waals surface area contributed by atoms with Gasteiger partial charge in [0.05, 0.1) is 11.8 Å². The minimum absolute atomic E-state index is 0.105. The summed E-state index contributed by atoms with van der Waals surface area (Å²) in [5.41, 5.74) is 1.67. The molecule has 1 saturated carbocycles. The lowest BCUT2D eigenvalue weighted by molar-refractivity contribution is 0.579. The van der Waals surface area contributed by atoms with Crippen LogP contribution in [0.1, 0.15) is 24.6 Å². The first-order valence-electron chi connectivity index (χ1n) is 5.78. The minimum Gasteiger partial charge on any atom is -0.294 e. The predicted molar refractivity (Wildman–Crippen MR) is 68.3 cm³/mol. The van der Waals surface area contributed by atoms with E-state index in [2.05, 4.69) is 15.3 Å². The van der Waals surface area contributed by atoms with Gasteiger partial charge in [-0.1, -0.05) is 0 Å². The van der Waals surface area contributed by atoms with Gasteiger partial charge in [0, 0.05) is 29.5 Å². The fraction of sp³-hybridized carbons (Fsp3) is 0.500. The summed E-state index contributed by atoms with van der Waals surface area (Å²) in [6, 6.07) is 0.105. The average molecular weight is 302 g/mol. The van der Waals surface area contributed by atoms with E-state index in [4.69, 9.17) is 10.7 Å². The quantitative estimate of drug-likeness (QED) is 0.797. The molecule has 2 heterocycles. The Hall–Kier alpha value is -1.41. The topological polar surface area (TPSA) is 82.7 Å². The number of halogens is 1. The Morgan fingerprint density at radius 2 is 2.05 bits per heavy atom. The van der Waals surface area contributed by atoms with Crippen molar-refractivity contribution in [1.82, 2.24) is 24.5 Å². The van der Waals surface area contributed by atoms with Gasteiger partial charge in [-0.15, -0.1) is 10.2 Å². The second kappa shape index (κ2) is 4.04. The van der Waals surface area contributed by atoms with Crippen LogP contribution in [0.15, 0.2) is 11.4 Å². The Kier molecular flexibility index (Phi) is 2.68. The second-order valence-corrected chi connectivity index (χ2v) is 7.07. The van der Waals surface area contributed by atoms with Gasteiger partial charge in [0.15, 0.2) is 5.82 Å². The maximum absolute atomic E-state index is 11.5. The smallest absolute Gasteiger partial charge is 0.294 e. The van der Waals surface area contributed by atoms with Crippen molar-refractivity contribution in [3.63, 3.8) is 0 Å². The molecule has 0 N–H and O–H groups in total. The molecule has 3 rings (SSSR count). The van der Waals surface area contributed by atoms with Crippen molar-refractivity contribution in [3.8, 4) is 11.4 Å². The maximum Gasteiger partial charge on any atom is 0.296 e. The van der Waals surface area contributed by atoms with E-state index in [0.717, 1.165) is 24.1 Å². The van der Waals surface area contributed by atoms with Crippen molar-refractivity contribution >= 4 is 19.7 Å². The van der Waals surface area contributed by atoms with Crippen LogP contribution >= 0.6 is 10.7 Å². The Morgan fingerprint density at radius 3 is 2.53 bits per heavy atom. The molecule has 1 aliphatic carbocycles. The Morgan fingerprint density at radius 1 is 1.37 bits per heavy atom. The molecule has 0 saturated heterocycles. The molecule has 0 atom stereocenters. The minimum atomic E-state index is -3.90. The first-order valence-corrected chi connectivity index (χ1v) is 8.09. The van der Waals surface area contributed by atoms with Crippen LogP contribution in [0.4, 0.5) is 0 Å².